The predicted octanol–water partition coefficient (Wildman–Crippen LogP) is 4.24. The lowest BCUT2D eigenvalue weighted by molar-refractivity contribution is 0.0685. The molecule has 0 saturated carbocycles. The molecule has 1 heterocycles. The Morgan fingerprint density at radius 1 is 1.26 bits per heavy atom. The summed E-state index contributed by atoms with van der Waals surface area (Å²) >= 11 is 10.1. The first-order valence-corrected chi connectivity index (χ1v) is 7.31. The van der Waals surface area contributed by atoms with E-state index in [4.69, 9.17) is 14.4 Å². The van der Waals surface area contributed by atoms with E-state index in [9.17, 15) is 4.79 Å². The van der Waals surface area contributed by atoms with E-state index >= 15 is 0 Å². The Kier molecular flexibility index (Phi) is 4.64. The molecule has 100 valence electrons. The number of rotatable bonds is 4. The maximum atomic E-state index is 10.7. The molecule has 0 aliphatic heterocycles. The summed E-state index contributed by atoms with van der Waals surface area (Å²) in [5, 5.41) is 12.1. The number of aromatic nitrogens is 1. The molecule has 5 nitrogen and oxygen atoms in total. The Morgan fingerprint density at radius 2 is 1.89 bits per heavy atom. The van der Waals surface area contributed by atoms with Crippen molar-refractivity contribution in [1.82, 2.24) is 5.16 Å². The molecular weight excluding hydrogens is 450 g/mol. The molecule has 0 spiro atoms. The molecular formula is C11H6Br3NO4. The Balaban J connectivity index is 2.12. The molecule has 0 radical (unpaired) electrons. The summed E-state index contributed by atoms with van der Waals surface area (Å²) in [6.45, 7) is 0.0825. The van der Waals surface area contributed by atoms with E-state index in [0.717, 1.165) is 13.4 Å². The van der Waals surface area contributed by atoms with Crippen molar-refractivity contribution in [3.63, 3.8) is 0 Å². The van der Waals surface area contributed by atoms with Gasteiger partial charge >= 0.3 is 5.97 Å². The van der Waals surface area contributed by atoms with E-state index in [1.165, 1.54) is 6.07 Å². The molecule has 0 bridgehead atoms. The fourth-order valence-corrected chi connectivity index (χ4v) is 3.78. The number of aromatic carboxylic acids is 1. The summed E-state index contributed by atoms with van der Waals surface area (Å²) in [5.41, 5.74) is -0.146. The van der Waals surface area contributed by atoms with Crippen LogP contribution in [0.1, 0.15) is 16.2 Å². The zero-order chi connectivity index (χ0) is 14.0. The van der Waals surface area contributed by atoms with Crippen molar-refractivity contribution in [1.29, 1.82) is 0 Å². The van der Waals surface area contributed by atoms with Crippen LogP contribution in [0.3, 0.4) is 0 Å². The number of ether oxygens (including phenoxy) is 1. The van der Waals surface area contributed by atoms with Crippen molar-refractivity contribution >= 4 is 53.8 Å². The molecule has 19 heavy (non-hydrogen) atoms. The largest absolute Gasteiger partial charge is 0.483 e. The highest BCUT2D eigenvalue weighted by molar-refractivity contribution is 9.11. The number of carboxylic acid groups (broad SMARTS) is 1. The van der Waals surface area contributed by atoms with Crippen molar-refractivity contribution in [3.8, 4) is 5.75 Å². The molecule has 0 amide bonds. The molecule has 1 aromatic carbocycles. The molecule has 0 atom stereocenters. The fraction of sp³-hybridized carbons (Fsp3) is 0.0909. The van der Waals surface area contributed by atoms with E-state index in [0.29, 0.717) is 11.5 Å². The monoisotopic (exact) mass is 453 g/mol. The third-order valence-electron chi connectivity index (χ3n) is 2.10. The average Bonchev–Trinajstić information content (AvgIpc) is 2.76. The number of hydrogen-bond donors (Lipinski definition) is 1. The Labute approximate surface area is 133 Å². The van der Waals surface area contributed by atoms with Crippen molar-refractivity contribution < 1.29 is 19.2 Å². The van der Waals surface area contributed by atoms with Gasteiger partial charge in [0.25, 0.3) is 0 Å². The molecule has 1 aromatic heterocycles. The van der Waals surface area contributed by atoms with Gasteiger partial charge in [-0.2, -0.15) is 0 Å². The number of halogens is 3. The van der Waals surface area contributed by atoms with Crippen LogP contribution in [-0.4, -0.2) is 16.2 Å². The second kappa shape index (κ2) is 6.06. The molecule has 8 heteroatoms. The molecule has 2 rings (SSSR count). The zero-order valence-electron chi connectivity index (χ0n) is 9.19. The van der Waals surface area contributed by atoms with Crippen LogP contribution in [0, 0.1) is 0 Å². The fourth-order valence-electron chi connectivity index (χ4n) is 1.29. The number of hydrogen-bond acceptors (Lipinski definition) is 4. The normalized spacial score (nSPS) is 10.5. The lowest BCUT2D eigenvalue weighted by Crippen LogP contribution is -1.97. The standard InChI is InChI=1S/C11H6Br3NO4/c12-5-1-7(13)10(8(14)2-5)18-4-6-3-9(11(16)17)15-19-6/h1-3H,4H2,(H,16,17). The van der Waals surface area contributed by atoms with E-state index in [1.54, 1.807) is 0 Å². The second-order valence-electron chi connectivity index (χ2n) is 3.47. The van der Waals surface area contributed by atoms with Crippen LogP contribution in [0.2, 0.25) is 0 Å². The van der Waals surface area contributed by atoms with E-state index in [-0.39, 0.29) is 12.3 Å². The lowest BCUT2D eigenvalue weighted by Gasteiger charge is -2.09. The summed E-state index contributed by atoms with van der Waals surface area (Å²) in [6, 6.07) is 5.00. The third-order valence-corrected chi connectivity index (χ3v) is 3.74. The Hall–Kier alpha value is -0.860. The smallest absolute Gasteiger partial charge is 0.358 e. The first kappa shape index (κ1) is 14.5. The summed E-state index contributed by atoms with van der Waals surface area (Å²) in [7, 11) is 0. The van der Waals surface area contributed by atoms with Gasteiger partial charge in [0.15, 0.2) is 11.5 Å². The highest BCUT2D eigenvalue weighted by Crippen LogP contribution is 2.36. The molecule has 2 aromatic rings. The van der Waals surface area contributed by atoms with Crippen molar-refractivity contribution in [2.75, 3.05) is 0 Å². The van der Waals surface area contributed by atoms with Crippen LogP contribution in [0.15, 0.2) is 36.1 Å². The van der Waals surface area contributed by atoms with Gasteiger partial charge in [0.2, 0.25) is 0 Å². The first-order valence-electron chi connectivity index (χ1n) is 4.93. The summed E-state index contributed by atoms with van der Waals surface area (Å²) in [5.74, 6) is -0.211. The Bertz CT molecular complexity index is 603. The predicted molar refractivity (Wildman–Crippen MR) is 77.3 cm³/mol. The van der Waals surface area contributed by atoms with E-state index in [2.05, 4.69) is 52.9 Å². The highest BCUT2D eigenvalue weighted by Gasteiger charge is 2.13. The van der Waals surface area contributed by atoms with Gasteiger partial charge in [-0.15, -0.1) is 0 Å². The van der Waals surface area contributed by atoms with Gasteiger partial charge in [-0.3, -0.25) is 0 Å². The van der Waals surface area contributed by atoms with Crippen LogP contribution in [0.25, 0.3) is 0 Å². The average molecular weight is 456 g/mol. The van der Waals surface area contributed by atoms with Crippen molar-refractivity contribution in [3.05, 3.63) is 43.1 Å². The van der Waals surface area contributed by atoms with Crippen LogP contribution in [0.4, 0.5) is 0 Å². The Morgan fingerprint density at radius 3 is 2.42 bits per heavy atom. The number of benzene rings is 1. The van der Waals surface area contributed by atoms with Gasteiger partial charge in [-0.25, -0.2) is 4.79 Å². The van der Waals surface area contributed by atoms with Crippen molar-refractivity contribution in [2.24, 2.45) is 0 Å². The van der Waals surface area contributed by atoms with Crippen LogP contribution in [-0.2, 0) is 6.61 Å². The maximum Gasteiger partial charge on any atom is 0.358 e. The maximum absolute atomic E-state index is 10.7. The van der Waals surface area contributed by atoms with E-state index < -0.39 is 5.97 Å². The number of carbonyl (C=O) groups is 1. The molecule has 0 saturated heterocycles. The van der Waals surface area contributed by atoms with Gasteiger partial charge in [0.1, 0.15) is 12.4 Å². The summed E-state index contributed by atoms with van der Waals surface area (Å²) < 4.78 is 12.8. The lowest BCUT2D eigenvalue weighted by atomic mass is 10.3. The number of carboxylic acids is 1. The van der Waals surface area contributed by atoms with Crippen LogP contribution >= 0.6 is 47.8 Å². The minimum atomic E-state index is -1.14. The second-order valence-corrected chi connectivity index (χ2v) is 6.10. The summed E-state index contributed by atoms with van der Waals surface area (Å²) in [6.07, 6.45) is 0. The minimum Gasteiger partial charge on any atom is -0.483 e. The zero-order valence-corrected chi connectivity index (χ0v) is 14.0. The SMILES string of the molecule is O=C(O)c1cc(COc2c(Br)cc(Br)cc2Br)on1. The topological polar surface area (TPSA) is 72.6 Å². The van der Waals surface area contributed by atoms with Gasteiger partial charge in [0, 0.05) is 10.5 Å². The minimum absolute atomic E-state index is 0.0825. The highest BCUT2D eigenvalue weighted by atomic mass is 79.9. The molecule has 0 aliphatic carbocycles. The first-order chi connectivity index (χ1) is 8.97. The van der Waals surface area contributed by atoms with Gasteiger partial charge in [0.05, 0.1) is 8.95 Å². The third kappa shape index (κ3) is 3.58. The van der Waals surface area contributed by atoms with Crippen LogP contribution in [0.5, 0.6) is 5.75 Å². The van der Waals surface area contributed by atoms with Gasteiger partial charge in [-0.1, -0.05) is 21.1 Å². The van der Waals surface area contributed by atoms with E-state index in [1.807, 2.05) is 12.1 Å². The van der Waals surface area contributed by atoms with Crippen LogP contribution < -0.4 is 4.74 Å². The molecule has 0 unspecified atom stereocenters. The summed E-state index contributed by atoms with van der Waals surface area (Å²) in [4.78, 5) is 10.7. The van der Waals surface area contributed by atoms with Crippen molar-refractivity contribution in [2.45, 2.75) is 6.61 Å². The van der Waals surface area contributed by atoms with Gasteiger partial charge < -0.3 is 14.4 Å². The molecule has 0 aliphatic rings. The number of nitrogens with zero attached hydrogens (tertiary/aromatic N) is 1. The molecule has 1 N–H and O–H groups in total. The molecule has 0 fully saturated rings. The quantitative estimate of drug-likeness (QED) is 0.746. The van der Waals surface area contributed by atoms with Gasteiger partial charge in [-0.05, 0) is 44.0 Å².